The SMILES string of the molecule is CCCOC(=O)[SH]1CC=C(C(=O)O)N2C(=O)CC21. The molecule has 0 bridgehead atoms. The van der Waals surface area contributed by atoms with Crippen LogP contribution in [0, 0.1) is 0 Å². The van der Waals surface area contributed by atoms with Crippen molar-refractivity contribution in [3.8, 4) is 0 Å². The summed E-state index contributed by atoms with van der Waals surface area (Å²) in [5, 5.41) is 8.41. The normalized spacial score (nSPS) is 27.9. The van der Waals surface area contributed by atoms with Crippen molar-refractivity contribution >= 4 is 28.1 Å². The second-order valence-corrected chi connectivity index (χ2v) is 6.38. The number of hydrogen-bond donors (Lipinski definition) is 2. The molecule has 6 nitrogen and oxygen atoms in total. The van der Waals surface area contributed by atoms with Crippen LogP contribution in [0.5, 0.6) is 0 Å². The van der Waals surface area contributed by atoms with Crippen LogP contribution in [0.2, 0.25) is 0 Å². The molecular weight excluding hydrogens is 258 g/mol. The molecule has 1 N–H and O–H groups in total. The number of carbonyl (C=O) groups excluding carboxylic acids is 2. The number of β-lactam (4-membered cyclic amide) rings is 1. The Morgan fingerprint density at radius 1 is 1.61 bits per heavy atom. The van der Waals surface area contributed by atoms with E-state index in [1.807, 2.05) is 6.92 Å². The Kier molecular flexibility index (Phi) is 3.60. The lowest BCUT2D eigenvalue weighted by Crippen LogP contribution is -2.55. The van der Waals surface area contributed by atoms with Gasteiger partial charge >= 0.3 is 11.3 Å². The summed E-state index contributed by atoms with van der Waals surface area (Å²) in [6, 6.07) is 0. The van der Waals surface area contributed by atoms with Crippen molar-refractivity contribution in [2.24, 2.45) is 0 Å². The number of nitrogens with zero attached hydrogens (tertiary/aromatic N) is 1. The Morgan fingerprint density at radius 3 is 2.89 bits per heavy atom. The maximum absolute atomic E-state index is 11.8. The average molecular weight is 273 g/mol. The molecule has 0 aromatic heterocycles. The summed E-state index contributed by atoms with van der Waals surface area (Å²) in [7, 11) is -1.13. The fourth-order valence-electron chi connectivity index (χ4n) is 2.01. The van der Waals surface area contributed by atoms with Gasteiger partial charge in [-0.05, 0) is 12.5 Å². The third-order valence-electron chi connectivity index (χ3n) is 2.91. The van der Waals surface area contributed by atoms with Gasteiger partial charge in [0.2, 0.25) is 5.91 Å². The number of rotatable bonds is 3. The second-order valence-electron chi connectivity index (χ2n) is 4.11. The maximum Gasteiger partial charge on any atom is 0.352 e. The lowest BCUT2D eigenvalue weighted by atomic mass is 10.1. The topological polar surface area (TPSA) is 83.9 Å². The molecule has 0 radical (unpaired) electrons. The largest absolute Gasteiger partial charge is 0.477 e. The molecule has 2 aliphatic heterocycles. The highest BCUT2D eigenvalue weighted by atomic mass is 32.2. The Bertz CT molecular complexity index is 433. The number of amides is 1. The molecule has 18 heavy (non-hydrogen) atoms. The first-order valence-electron chi connectivity index (χ1n) is 5.75. The molecule has 0 spiro atoms. The Morgan fingerprint density at radius 2 is 2.33 bits per heavy atom. The van der Waals surface area contributed by atoms with Gasteiger partial charge in [0.05, 0.1) is 18.4 Å². The average Bonchev–Trinajstić information content (AvgIpc) is 2.33. The Labute approximate surface area is 107 Å². The van der Waals surface area contributed by atoms with E-state index in [9.17, 15) is 14.4 Å². The lowest BCUT2D eigenvalue weighted by Gasteiger charge is -2.47. The van der Waals surface area contributed by atoms with Gasteiger partial charge in [-0.2, -0.15) is 0 Å². The van der Waals surface area contributed by atoms with E-state index in [4.69, 9.17) is 9.84 Å². The van der Waals surface area contributed by atoms with Crippen LogP contribution in [0.15, 0.2) is 11.8 Å². The molecule has 2 unspecified atom stereocenters. The van der Waals surface area contributed by atoms with Crippen molar-refractivity contribution in [2.45, 2.75) is 25.1 Å². The number of hydrogen-bond acceptors (Lipinski definition) is 4. The van der Waals surface area contributed by atoms with E-state index in [0.717, 1.165) is 6.42 Å². The monoisotopic (exact) mass is 273 g/mol. The van der Waals surface area contributed by atoms with Crippen molar-refractivity contribution in [3.63, 3.8) is 0 Å². The number of carboxylic acid groups (broad SMARTS) is 1. The molecule has 100 valence electrons. The minimum atomic E-state index is -1.13. The summed E-state index contributed by atoms with van der Waals surface area (Å²) in [6.45, 7) is 2.27. The maximum atomic E-state index is 11.8. The molecule has 2 aliphatic rings. The van der Waals surface area contributed by atoms with Crippen LogP contribution < -0.4 is 0 Å². The lowest BCUT2D eigenvalue weighted by molar-refractivity contribution is -0.146. The molecular formula is C11H15NO5S. The predicted molar refractivity (Wildman–Crippen MR) is 66.5 cm³/mol. The van der Waals surface area contributed by atoms with E-state index in [1.165, 1.54) is 11.0 Å². The minimum Gasteiger partial charge on any atom is -0.477 e. The van der Waals surface area contributed by atoms with Crippen molar-refractivity contribution in [2.75, 3.05) is 12.4 Å². The summed E-state index contributed by atoms with van der Waals surface area (Å²) in [6.07, 6.45) is 2.45. The van der Waals surface area contributed by atoms with E-state index >= 15 is 0 Å². The van der Waals surface area contributed by atoms with E-state index < -0.39 is 16.9 Å². The zero-order valence-corrected chi connectivity index (χ0v) is 10.9. The van der Waals surface area contributed by atoms with Crippen molar-refractivity contribution in [1.82, 2.24) is 4.90 Å². The fourth-order valence-corrected chi connectivity index (χ4v) is 4.18. The van der Waals surface area contributed by atoms with Crippen molar-refractivity contribution in [3.05, 3.63) is 11.8 Å². The fraction of sp³-hybridized carbons (Fsp3) is 0.545. The van der Waals surface area contributed by atoms with Crippen LogP contribution >= 0.6 is 10.9 Å². The summed E-state index contributed by atoms with van der Waals surface area (Å²) >= 11 is 0. The summed E-state index contributed by atoms with van der Waals surface area (Å²) in [5.41, 5.74) is -0.00158. The first-order valence-corrected chi connectivity index (χ1v) is 7.34. The van der Waals surface area contributed by atoms with Crippen molar-refractivity contribution < 1.29 is 24.2 Å². The molecule has 7 heteroatoms. The molecule has 0 aromatic rings. The predicted octanol–water partition coefficient (Wildman–Crippen LogP) is 1.07. The van der Waals surface area contributed by atoms with Crippen LogP contribution in [-0.4, -0.2) is 44.9 Å². The highest BCUT2D eigenvalue weighted by Crippen LogP contribution is 2.48. The molecule has 2 rings (SSSR count). The van der Waals surface area contributed by atoms with Gasteiger partial charge in [-0.1, -0.05) is 6.92 Å². The van der Waals surface area contributed by atoms with Gasteiger partial charge in [-0.15, -0.1) is 10.9 Å². The smallest absolute Gasteiger partial charge is 0.352 e. The molecule has 1 saturated heterocycles. The van der Waals surface area contributed by atoms with Gasteiger partial charge in [0, 0.05) is 5.75 Å². The van der Waals surface area contributed by atoms with Crippen LogP contribution in [0.1, 0.15) is 19.8 Å². The number of ether oxygens (including phenoxy) is 1. The molecule has 1 amide bonds. The van der Waals surface area contributed by atoms with Crippen LogP contribution in [0.4, 0.5) is 4.79 Å². The second kappa shape index (κ2) is 5.01. The quantitative estimate of drug-likeness (QED) is 0.456. The number of aliphatic carboxylic acids is 1. The highest BCUT2D eigenvalue weighted by Gasteiger charge is 2.48. The Balaban J connectivity index is 2.11. The van der Waals surface area contributed by atoms with Crippen LogP contribution in [-0.2, 0) is 14.3 Å². The molecule has 0 aromatic carbocycles. The summed E-state index contributed by atoms with van der Waals surface area (Å²) in [5.74, 6) is -0.970. The number of carboxylic acids is 1. The number of carbonyl (C=O) groups is 3. The third kappa shape index (κ3) is 2.10. The van der Waals surface area contributed by atoms with E-state index in [-0.39, 0.29) is 28.7 Å². The molecule has 0 aliphatic carbocycles. The third-order valence-corrected chi connectivity index (χ3v) is 5.22. The summed E-state index contributed by atoms with van der Waals surface area (Å²) < 4.78 is 5.09. The molecule has 2 heterocycles. The molecule has 1 fully saturated rings. The standard InChI is InChI=1S/C11H15NO5S/c1-2-4-17-11(16)18-5-3-7(10(14)15)12-8(13)6-9(12)18/h3,9,18H,2,4-6H2,1H3,(H,14,15). The highest BCUT2D eigenvalue weighted by molar-refractivity contribution is 8.30. The first-order chi connectivity index (χ1) is 8.56. The van der Waals surface area contributed by atoms with Crippen LogP contribution in [0.3, 0.4) is 0 Å². The van der Waals surface area contributed by atoms with Gasteiger partial charge in [0.1, 0.15) is 5.70 Å². The van der Waals surface area contributed by atoms with E-state index in [2.05, 4.69) is 0 Å². The molecule has 2 atom stereocenters. The summed E-state index contributed by atoms with van der Waals surface area (Å²) in [4.78, 5) is 35.5. The van der Waals surface area contributed by atoms with E-state index in [0.29, 0.717) is 12.4 Å². The minimum absolute atomic E-state index is 0.00158. The first kappa shape index (κ1) is 12.9. The number of fused-ring (bicyclic) bond motifs is 1. The van der Waals surface area contributed by atoms with Gasteiger partial charge in [-0.25, -0.2) is 9.59 Å². The van der Waals surface area contributed by atoms with E-state index in [1.54, 1.807) is 0 Å². The zero-order chi connectivity index (χ0) is 13.3. The Hall–Kier alpha value is -1.50. The van der Waals surface area contributed by atoms with Gasteiger partial charge in [0.25, 0.3) is 0 Å². The van der Waals surface area contributed by atoms with Crippen molar-refractivity contribution in [1.29, 1.82) is 0 Å². The van der Waals surface area contributed by atoms with Gasteiger partial charge in [0.15, 0.2) is 0 Å². The van der Waals surface area contributed by atoms with Crippen LogP contribution in [0.25, 0.3) is 0 Å². The zero-order valence-electron chi connectivity index (χ0n) is 9.96. The molecule has 0 saturated carbocycles. The number of thiol groups is 1. The van der Waals surface area contributed by atoms with Gasteiger partial charge in [-0.3, -0.25) is 9.69 Å². The van der Waals surface area contributed by atoms with Gasteiger partial charge < -0.3 is 9.84 Å².